The SMILES string of the molecule is C=C(C#CC(C)(C)C)OCCCC. The number of rotatable bonds is 4. The molecule has 0 spiro atoms. The van der Waals surface area contributed by atoms with Crippen molar-refractivity contribution >= 4 is 0 Å². The van der Waals surface area contributed by atoms with Gasteiger partial charge in [0.2, 0.25) is 0 Å². The lowest BCUT2D eigenvalue weighted by Crippen LogP contribution is -2.00. The standard InChI is InChI=1S/C12H20O/c1-6-7-10-13-11(2)8-9-12(3,4)5/h2,6-7,10H2,1,3-5H3. The quantitative estimate of drug-likeness (QED) is 0.366. The lowest BCUT2D eigenvalue weighted by atomic mass is 9.98. The van der Waals surface area contributed by atoms with Gasteiger partial charge in [0.05, 0.1) is 6.61 Å². The summed E-state index contributed by atoms with van der Waals surface area (Å²) in [6.45, 7) is 12.8. The lowest BCUT2D eigenvalue weighted by Gasteiger charge is -2.07. The highest BCUT2D eigenvalue weighted by Gasteiger charge is 2.03. The number of hydrogen-bond acceptors (Lipinski definition) is 1. The number of ether oxygens (including phenoxy) is 1. The van der Waals surface area contributed by atoms with Crippen LogP contribution in [-0.4, -0.2) is 6.61 Å². The molecular formula is C12H20O. The summed E-state index contributed by atoms with van der Waals surface area (Å²) < 4.78 is 5.31. The Morgan fingerprint density at radius 2 is 2.00 bits per heavy atom. The van der Waals surface area contributed by atoms with E-state index in [0.29, 0.717) is 5.76 Å². The van der Waals surface area contributed by atoms with Crippen molar-refractivity contribution in [3.05, 3.63) is 12.3 Å². The van der Waals surface area contributed by atoms with E-state index in [0.717, 1.165) is 19.4 Å². The van der Waals surface area contributed by atoms with Gasteiger partial charge >= 0.3 is 0 Å². The van der Waals surface area contributed by atoms with Gasteiger partial charge in [-0.1, -0.05) is 19.3 Å². The van der Waals surface area contributed by atoms with Gasteiger partial charge in [0.1, 0.15) is 0 Å². The molecule has 0 aliphatic heterocycles. The maximum absolute atomic E-state index is 5.31. The van der Waals surface area contributed by atoms with E-state index in [-0.39, 0.29) is 5.41 Å². The molecule has 0 N–H and O–H groups in total. The van der Waals surface area contributed by atoms with Crippen molar-refractivity contribution in [1.29, 1.82) is 0 Å². The molecule has 0 fully saturated rings. The Labute approximate surface area is 82.2 Å². The molecule has 1 heteroatoms. The van der Waals surface area contributed by atoms with Crippen molar-refractivity contribution in [2.45, 2.75) is 40.5 Å². The van der Waals surface area contributed by atoms with E-state index < -0.39 is 0 Å². The predicted molar refractivity (Wildman–Crippen MR) is 57.2 cm³/mol. The summed E-state index contributed by atoms with van der Waals surface area (Å²) in [7, 11) is 0. The molecule has 0 aliphatic carbocycles. The molecule has 0 aromatic rings. The summed E-state index contributed by atoms with van der Waals surface area (Å²) in [5.41, 5.74) is 0.0249. The largest absolute Gasteiger partial charge is 0.486 e. The first-order valence-electron chi connectivity index (χ1n) is 4.80. The number of hydrogen-bond donors (Lipinski definition) is 0. The average Bonchev–Trinajstić information content (AvgIpc) is 2.00. The Bertz CT molecular complexity index is 210. The Morgan fingerprint density at radius 3 is 2.46 bits per heavy atom. The first kappa shape index (κ1) is 12.1. The van der Waals surface area contributed by atoms with Crippen LogP contribution in [0.25, 0.3) is 0 Å². The van der Waals surface area contributed by atoms with Gasteiger partial charge in [0.15, 0.2) is 5.76 Å². The Balaban J connectivity index is 3.78. The highest BCUT2D eigenvalue weighted by Crippen LogP contribution is 2.10. The number of unbranched alkanes of at least 4 members (excludes halogenated alkanes) is 1. The molecule has 0 unspecified atom stereocenters. The van der Waals surface area contributed by atoms with Crippen LogP contribution in [0, 0.1) is 17.3 Å². The van der Waals surface area contributed by atoms with E-state index in [2.05, 4.69) is 46.1 Å². The smallest absolute Gasteiger partial charge is 0.162 e. The van der Waals surface area contributed by atoms with Crippen molar-refractivity contribution in [2.75, 3.05) is 6.61 Å². The van der Waals surface area contributed by atoms with Crippen LogP contribution in [0.2, 0.25) is 0 Å². The first-order valence-corrected chi connectivity index (χ1v) is 4.80. The van der Waals surface area contributed by atoms with Crippen LogP contribution in [0.4, 0.5) is 0 Å². The van der Waals surface area contributed by atoms with E-state index in [4.69, 9.17) is 4.74 Å². The molecule has 0 saturated heterocycles. The molecule has 0 bridgehead atoms. The summed E-state index contributed by atoms with van der Waals surface area (Å²) in [5.74, 6) is 6.58. The molecule has 0 atom stereocenters. The van der Waals surface area contributed by atoms with Gasteiger partial charge in [-0.15, -0.1) is 0 Å². The number of allylic oxidation sites excluding steroid dienone is 1. The van der Waals surface area contributed by atoms with Gasteiger partial charge in [0, 0.05) is 5.41 Å². The maximum Gasteiger partial charge on any atom is 0.162 e. The Morgan fingerprint density at radius 1 is 1.38 bits per heavy atom. The van der Waals surface area contributed by atoms with Crippen molar-refractivity contribution in [1.82, 2.24) is 0 Å². The molecular weight excluding hydrogens is 160 g/mol. The summed E-state index contributed by atoms with van der Waals surface area (Å²) in [5, 5.41) is 0. The van der Waals surface area contributed by atoms with Gasteiger partial charge in [-0.3, -0.25) is 0 Å². The molecule has 0 aliphatic rings. The van der Waals surface area contributed by atoms with Crippen molar-refractivity contribution in [3.63, 3.8) is 0 Å². The molecule has 0 saturated carbocycles. The van der Waals surface area contributed by atoms with Crippen LogP contribution >= 0.6 is 0 Å². The van der Waals surface area contributed by atoms with Crippen molar-refractivity contribution in [2.24, 2.45) is 5.41 Å². The average molecular weight is 180 g/mol. The van der Waals surface area contributed by atoms with Gasteiger partial charge in [-0.05, 0) is 39.7 Å². The normalized spacial score (nSPS) is 10.2. The van der Waals surface area contributed by atoms with Crippen LogP contribution in [0.3, 0.4) is 0 Å². The second-order valence-electron chi connectivity index (χ2n) is 4.13. The van der Waals surface area contributed by atoms with E-state index in [9.17, 15) is 0 Å². The van der Waals surface area contributed by atoms with Crippen molar-refractivity contribution in [3.8, 4) is 11.8 Å². The zero-order valence-corrected chi connectivity index (χ0v) is 9.24. The zero-order valence-electron chi connectivity index (χ0n) is 9.24. The third kappa shape index (κ3) is 9.01. The second-order valence-corrected chi connectivity index (χ2v) is 4.13. The summed E-state index contributed by atoms with van der Waals surface area (Å²) >= 11 is 0. The third-order valence-electron chi connectivity index (χ3n) is 1.35. The van der Waals surface area contributed by atoms with Gasteiger partial charge in [0.25, 0.3) is 0 Å². The predicted octanol–water partition coefficient (Wildman–Crippen LogP) is 3.37. The topological polar surface area (TPSA) is 9.23 Å². The molecule has 0 amide bonds. The molecule has 0 rings (SSSR count). The first-order chi connectivity index (χ1) is 5.95. The Hall–Kier alpha value is -0.900. The fourth-order valence-electron chi connectivity index (χ4n) is 0.633. The van der Waals surface area contributed by atoms with E-state index in [1.807, 2.05) is 0 Å². The monoisotopic (exact) mass is 180 g/mol. The van der Waals surface area contributed by atoms with Gasteiger partial charge < -0.3 is 4.74 Å². The maximum atomic E-state index is 5.31. The highest BCUT2D eigenvalue weighted by atomic mass is 16.5. The minimum absolute atomic E-state index is 0.0249. The molecule has 13 heavy (non-hydrogen) atoms. The highest BCUT2D eigenvalue weighted by molar-refractivity contribution is 5.22. The zero-order chi connectivity index (χ0) is 10.3. The molecule has 0 aromatic carbocycles. The van der Waals surface area contributed by atoms with Crippen molar-refractivity contribution < 1.29 is 4.74 Å². The van der Waals surface area contributed by atoms with E-state index in [1.165, 1.54) is 0 Å². The fraction of sp³-hybridized carbons (Fsp3) is 0.667. The molecule has 0 heterocycles. The minimum atomic E-state index is 0.0249. The summed E-state index contributed by atoms with van der Waals surface area (Å²) in [4.78, 5) is 0. The van der Waals surface area contributed by atoms with Gasteiger partial charge in [-0.25, -0.2) is 0 Å². The molecule has 0 aromatic heterocycles. The van der Waals surface area contributed by atoms with Crippen LogP contribution in [-0.2, 0) is 4.74 Å². The molecule has 74 valence electrons. The van der Waals surface area contributed by atoms with Gasteiger partial charge in [-0.2, -0.15) is 0 Å². The third-order valence-corrected chi connectivity index (χ3v) is 1.35. The molecule has 0 radical (unpaired) electrons. The van der Waals surface area contributed by atoms with Crippen LogP contribution in [0.5, 0.6) is 0 Å². The fourth-order valence-corrected chi connectivity index (χ4v) is 0.633. The summed E-state index contributed by atoms with van der Waals surface area (Å²) in [6, 6.07) is 0. The Kier molecular flexibility index (Phi) is 5.30. The van der Waals surface area contributed by atoms with E-state index in [1.54, 1.807) is 0 Å². The lowest BCUT2D eigenvalue weighted by molar-refractivity contribution is 0.224. The van der Waals surface area contributed by atoms with Crippen LogP contribution < -0.4 is 0 Å². The minimum Gasteiger partial charge on any atom is -0.486 e. The van der Waals surface area contributed by atoms with Crippen LogP contribution in [0.15, 0.2) is 12.3 Å². The molecule has 1 nitrogen and oxygen atoms in total. The van der Waals surface area contributed by atoms with Crippen LogP contribution in [0.1, 0.15) is 40.5 Å². The second kappa shape index (κ2) is 5.70. The summed E-state index contributed by atoms with van der Waals surface area (Å²) in [6.07, 6.45) is 2.20. The van der Waals surface area contributed by atoms with E-state index >= 15 is 0 Å².